The van der Waals surface area contributed by atoms with E-state index in [1.54, 1.807) is 5.57 Å². The van der Waals surface area contributed by atoms with Crippen molar-refractivity contribution in [2.75, 3.05) is 0 Å². The van der Waals surface area contributed by atoms with Crippen molar-refractivity contribution in [1.82, 2.24) is 0 Å². The van der Waals surface area contributed by atoms with Gasteiger partial charge < -0.3 is 0 Å². The van der Waals surface area contributed by atoms with Crippen molar-refractivity contribution in [2.24, 2.45) is 0 Å². The first-order valence-corrected chi connectivity index (χ1v) is 20.1. The van der Waals surface area contributed by atoms with E-state index in [4.69, 9.17) is 0 Å². The van der Waals surface area contributed by atoms with Crippen molar-refractivity contribution >= 4 is 43.5 Å². The summed E-state index contributed by atoms with van der Waals surface area (Å²) in [6.07, 6.45) is 15.3. The number of fused-ring (bicyclic) bond motifs is 2. The highest BCUT2D eigenvalue weighted by molar-refractivity contribution is 6.26. The van der Waals surface area contributed by atoms with Crippen LogP contribution in [0.4, 0.5) is 0 Å². The van der Waals surface area contributed by atoms with E-state index < -0.39 is 0 Å². The second-order valence-corrected chi connectivity index (χ2v) is 18.1. The van der Waals surface area contributed by atoms with E-state index in [0.717, 1.165) is 12.8 Å². The molecule has 6 aromatic carbocycles. The molecule has 1 atom stereocenters. The average molecular weight is 693 g/mol. The van der Waals surface area contributed by atoms with Gasteiger partial charge in [-0.2, -0.15) is 0 Å². The Labute approximate surface area is 318 Å². The van der Waals surface area contributed by atoms with Crippen molar-refractivity contribution in [2.45, 2.75) is 111 Å². The van der Waals surface area contributed by atoms with Crippen molar-refractivity contribution in [3.05, 3.63) is 154 Å². The standard InChI is InChI=1S/C51H50.C2H6/c1-49(2,3)39-25-36-21-22-37-26-40(50(4,5)6)30-44-43(28-38(27-39)47(36)48(37)44)34-19-17-32(18-20-34)31-13-15-33(16-14-31)35-23-24-42-41-11-9-10-12-45(41)51(7,8)46(42)29-35;1-2/h9,11,13,15-31H,10,12,14H2,1-8H3;1-2H3. The normalized spacial score (nSPS) is 18.0. The van der Waals surface area contributed by atoms with Gasteiger partial charge in [0.1, 0.15) is 0 Å². The van der Waals surface area contributed by atoms with Crippen LogP contribution in [0.15, 0.2) is 121 Å². The van der Waals surface area contributed by atoms with Crippen LogP contribution >= 0.6 is 0 Å². The summed E-state index contributed by atoms with van der Waals surface area (Å²) in [6, 6.07) is 33.6. The fourth-order valence-electron chi connectivity index (χ4n) is 9.22. The Morgan fingerprint density at radius 1 is 0.623 bits per heavy atom. The minimum atomic E-state index is 0.0638. The van der Waals surface area contributed by atoms with Crippen LogP contribution in [0.1, 0.15) is 128 Å². The minimum Gasteiger partial charge on any atom is -0.0836 e. The van der Waals surface area contributed by atoms with E-state index in [1.807, 2.05) is 13.8 Å². The molecule has 0 fully saturated rings. The average Bonchev–Trinajstić information content (AvgIpc) is 3.39. The van der Waals surface area contributed by atoms with Crippen molar-refractivity contribution in [1.29, 1.82) is 0 Å². The molecule has 0 spiro atoms. The molecular formula is C53H56. The van der Waals surface area contributed by atoms with Gasteiger partial charge in [-0.3, -0.25) is 0 Å². The maximum Gasteiger partial charge on any atom is 0.0121 e. The van der Waals surface area contributed by atoms with E-state index in [1.165, 1.54) is 94.4 Å². The van der Waals surface area contributed by atoms with E-state index in [0.29, 0.717) is 5.92 Å². The second kappa shape index (κ2) is 12.7. The van der Waals surface area contributed by atoms with Gasteiger partial charge in [0.25, 0.3) is 0 Å². The van der Waals surface area contributed by atoms with Crippen LogP contribution in [-0.2, 0) is 16.2 Å². The predicted octanol–water partition coefficient (Wildman–Crippen LogP) is 15.4. The summed E-state index contributed by atoms with van der Waals surface area (Å²) < 4.78 is 0. The van der Waals surface area contributed by atoms with E-state index in [9.17, 15) is 0 Å². The molecule has 0 aromatic heterocycles. The first-order chi connectivity index (χ1) is 25.3. The van der Waals surface area contributed by atoms with Crippen LogP contribution in [0.25, 0.3) is 54.6 Å². The van der Waals surface area contributed by atoms with Gasteiger partial charge in [0.2, 0.25) is 0 Å². The molecule has 0 aliphatic heterocycles. The summed E-state index contributed by atoms with van der Waals surface area (Å²) in [6.45, 7) is 22.8. The smallest absolute Gasteiger partial charge is 0.0121 e. The van der Waals surface area contributed by atoms with Crippen LogP contribution in [0.3, 0.4) is 0 Å². The lowest BCUT2D eigenvalue weighted by molar-refractivity contribution is 0.591. The Kier molecular flexibility index (Phi) is 8.49. The molecule has 0 heteroatoms. The number of hydrogen-bond donors (Lipinski definition) is 0. The van der Waals surface area contributed by atoms with Crippen molar-refractivity contribution < 1.29 is 0 Å². The van der Waals surface area contributed by atoms with Gasteiger partial charge in [-0.25, -0.2) is 0 Å². The van der Waals surface area contributed by atoms with E-state index in [-0.39, 0.29) is 16.2 Å². The molecule has 0 amide bonds. The maximum absolute atomic E-state index is 2.47. The topological polar surface area (TPSA) is 0 Å². The summed E-state index contributed by atoms with van der Waals surface area (Å²) >= 11 is 0. The van der Waals surface area contributed by atoms with Crippen LogP contribution in [-0.4, -0.2) is 0 Å². The molecular weight excluding hydrogens is 637 g/mol. The number of allylic oxidation sites excluding steroid dienone is 8. The lowest BCUT2D eigenvalue weighted by Gasteiger charge is -2.26. The zero-order valence-electron chi connectivity index (χ0n) is 33.7. The maximum atomic E-state index is 2.47. The minimum absolute atomic E-state index is 0.0638. The van der Waals surface area contributed by atoms with Crippen LogP contribution in [0.2, 0.25) is 0 Å². The molecule has 0 bridgehead atoms. The molecule has 0 radical (unpaired) electrons. The van der Waals surface area contributed by atoms with E-state index >= 15 is 0 Å². The Morgan fingerprint density at radius 2 is 1.26 bits per heavy atom. The fraction of sp³-hybridized carbons (Fsp3) is 0.321. The quantitative estimate of drug-likeness (QED) is 0.162. The second-order valence-electron chi connectivity index (χ2n) is 18.1. The zero-order valence-corrected chi connectivity index (χ0v) is 33.7. The summed E-state index contributed by atoms with van der Waals surface area (Å²) in [4.78, 5) is 0. The molecule has 0 nitrogen and oxygen atoms in total. The highest BCUT2D eigenvalue weighted by atomic mass is 14.4. The predicted molar refractivity (Wildman–Crippen MR) is 234 cm³/mol. The van der Waals surface area contributed by atoms with Gasteiger partial charge in [0.05, 0.1) is 0 Å². The third kappa shape index (κ3) is 5.90. The van der Waals surface area contributed by atoms with Crippen LogP contribution in [0, 0.1) is 0 Å². The lowest BCUT2D eigenvalue weighted by atomic mass is 9.78. The molecule has 3 aliphatic carbocycles. The van der Waals surface area contributed by atoms with Crippen molar-refractivity contribution in [3.8, 4) is 11.1 Å². The number of rotatable bonds is 3. The Hall–Kier alpha value is -4.68. The first-order valence-electron chi connectivity index (χ1n) is 20.1. The van der Waals surface area contributed by atoms with Crippen LogP contribution in [0.5, 0.6) is 0 Å². The molecule has 9 rings (SSSR count). The molecule has 0 N–H and O–H groups in total. The lowest BCUT2D eigenvalue weighted by Crippen LogP contribution is -2.18. The van der Waals surface area contributed by atoms with Gasteiger partial charge in [-0.1, -0.05) is 172 Å². The van der Waals surface area contributed by atoms with Gasteiger partial charge in [0.15, 0.2) is 0 Å². The van der Waals surface area contributed by atoms with E-state index in [2.05, 4.69) is 171 Å². The molecule has 0 heterocycles. The monoisotopic (exact) mass is 692 g/mol. The number of hydrogen-bond acceptors (Lipinski definition) is 0. The van der Waals surface area contributed by atoms with Gasteiger partial charge in [-0.15, -0.1) is 0 Å². The molecule has 0 saturated carbocycles. The van der Waals surface area contributed by atoms with Crippen LogP contribution < -0.4 is 0 Å². The molecule has 53 heavy (non-hydrogen) atoms. The zero-order chi connectivity index (χ0) is 37.4. The summed E-state index contributed by atoms with van der Waals surface area (Å²) in [7, 11) is 0. The Balaban J connectivity index is 0.00000197. The van der Waals surface area contributed by atoms with Gasteiger partial charge in [-0.05, 0) is 136 Å². The Morgan fingerprint density at radius 3 is 1.92 bits per heavy atom. The van der Waals surface area contributed by atoms with Gasteiger partial charge >= 0.3 is 0 Å². The first kappa shape index (κ1) is 35.4. The van der Waals surface area contributed by atoms with Gasteiger partial charge in [0, 0.05) is 11.3 Å². The van der Waals surface area contributed by atoms with Crippen molar-refractivity contribution in [3.63, 3.8) is 0 Å². The molecule has 1 unspecified atom stereocenters. The molecule has 6 aromatic rings. The third-order valence-electron chi connectivity index (χ3n) is 12.4. The third-order valence-corrected chi connectivity index (χ3v) is 12.4. The fourth-order valence-corrected chi connectivity index (χ4v) is 9.22. The molecule has 0 saturated heterocycles. The number of benzene rings is 6. The Bertz CT molecular complexity index is 2510. The highest BCUT2D eigenvalue weighted by Crippen LogP contribution is 2.51. The SMILES string of the molecule is CC.CC(C)(C)c1cc2ccc3cc(C(C)(C)C)cc4c(-c5ccc(C6C=CC(c7ccc8c(c7)C(C)(C)C7=C8C=CCC7)=CC6)cc5)cc(c1)c2c34. The summed E-state index contributed by atoms with van der Waals surface area (Å²) in [5.41, 5.74) is 15.7. The molecule has 3 aliphatic rings. The molecule has 268 valence electrons. The summed E-state index contributed by atoms with van der Waals surface area (Å²) in [5, 5.41) is 8.17. The highest BCUT2D eigenvalue weighted by Gasteiger charge is 2.37. The largest absolute Gasteiger partial charge is 0.0836 e. The summed E-state index contributed by atoms with van der Waals surface area (Å²) in [5.74, 6) is 0.382.